The summed E-state index contributed by atoms with van der Waals surface area (Å²) in [6, 6.07) is 6.67. The third kappa shape index (κ3) is 2.52. The van der Waals surface area contributed by atoms with Crippen LogP contribution in [0.5, 0.6) is 11.5 Å². The van der Waals surface area contributed by atoms with E-state index in [0.717, 1.165) is 49.0 Å². The predicted molar refractivity (Wildman–Crippen MR) is 82.8 cm³/mol. The molecule has 0 radical (unpaired) electrons. The Balaban J connectivity index is 1.38. The van der Waals surface area contributed by atoms with Gasteiger partial charge in [0.15, 0.2) is 0 Å². The average Bonchev–Trinajstić information content (AvgIpc) is 3.21. The van der Waals surface area contributed by atoms with Crippen LogP contribution < -0.4 is 14.8 Å². The van der Waals surface area contributed by atoms with Gasteiger partial charge in [0.2, 0.25) is 0 Å². The third-order valence-electron chi connectivity index (χ3n) is 5.57. The molecule has 3 nitrogen and oxygen atoms in total. The molecular formula is C18H25NO2. The fraction of sp³-hybridized carbons (Fsp3) is 0.667. The van der Waals surface area contributed by atoms with E-state index < -0.39 is 0 Å². The van der Waals surface area contributed by atoms with Gasteiger partial charge in [-0.15, -0.1) is 0 Å². The van der Waals surface area contributed by atoms with Gasteiger partial charge >= 0.3 is 0 Å². The van der Waals surface area contributed by atoms with E-state index in [1.807, 2.05) is 0 Å². The van der Waals surface area contributed by atoms with E-state index in [4.69, 9.17) is 9.47 Å². The molecule has 1 N–H and O–H groups in total. The molecule has 4 unspecified atom stereocenters. The maximum absolute atomic E-state index is 6.06. The van der Waals surface area contributed by atoms with Gasteiger partial charge < -0.3 is 14.8 Å². The van der Waals surface area contributed by atoms with E-state index in [9.17, 15) is 0 Å². The van der Waals surface area contributed by atoms with Crippen LogP contribution in [0.4, 0.5) is 0 Å². The number of likely N-dealkylation sites (N-methyl/N-ethyl adjacent to an activating group) is 1. The summed E-state index contributed by atoms with van der Waals surface area (Å²) in [6.45, 7) is 4.72. The highest BCUT2D eigenvalue weighted by molar-refractivity contribution is 5.45. The lowest BCUT2D eigenvalue weighted by molar-refractivity contribution is 0.194. The first-order valence-corrected chi connectivity index (χ1v) is 8.46. The summed E-state index contributed by atoms with van der Waals surface area (Å²) in [5.41, 5.74) is 1.27. The zero-order valence-electron chi connectivity index (χ0n) is 12.8. The molecule has 3 heteroatoms. The zero-order chi connectivity index (χ0) is 14.2. The van der Waals surface area contributed by atoms with E-state index in [-0.39, 0.29) is 0 Å². The first-order chi connectivity index (χ1) is 10.3. The molecule has 2 fully saturated rings. The SMILES string of the molecule is CCNC1COc2cc(OCC3CC4CCC3C4)ccc21. The highest BCUT2D eigenvalue weighted by Crippen LogP contribution is 2.48. The van der Waals surface area contributed by atoms with Gasteiger partial charge in [-0.2, -0.15) is 0 Å². The number of rotatable bonds is 5. The summed E-state index contributed by atoms with van der Waals surface area (Å²) in [5, 5.41) is 3.45. The van der Waals surface area contributed by atoms with Crippen molar-refractivity contribution < 1.29 is 9.47 Å². The molecule has 1 aromatic rings. The topological polar surface area (TPSA) is 30.5 Å². The Hall–Kier alpha value is -1.22. The second kappa shape index (κ2) is 5.53. The number of fused-ring (bicyclic) bond motifs is 3. The number of hydrogen-bond donors (Lipinski definition) is 1. The Bertz CT molecular complexity index is 516. The van der Waals surface area contributed by atoms with E-state index in [0.29, 0.717) is 6.04 Å². The maximum atomic E-state index is 6.06. The van der Waals surface area contributed by atoms with Crippen LogP contribution in [0.2, 0.25) is 0 Å². The van der Waals surface area contributed by atoms with Crippen molar-refractivity contribution in [1.29, 1.82) is 0 Å². The third-order valence-corrected chi connectivity index (χ3v) is 5.57. The fourth-order valence-electron chi connectivity index (χ4n) is 4.48. The van der Waals surface area contributed by atoms with Crippen molar-refractivity contribution in [2.24, 2.45) is 17.8 Å². The summed E-state index contributed by atoms with van der Waals surface area (Å²) in [7, 11) is 0. The van der Waals surface area contributed by atoms with Crippen LogP contribution in [0.25, 0.3) is 0 Å². The summed E-state index contributed by atoms with van der Waals surface area (Å²) < 4.78 is 11.8. The Kier molecular flexibility index (Phi) is 3.54. The van der Waals surface area contributed by atoms with Crippen molar-refractivity contribution in [1.82, 2.24) is 5.32 Å². The Labute approximate surface area is 127 Å². The van der Waals surface area contributed by atoms with Crippen LogP contribution >= 0.6 is 0 Å². The van der Waals surface area contributed by atoms with Crippen molar-refractivity contribution >= 4 is 0 Å². The lowest BCUT2D eigenvalue weighted by Gasteiger charge is -2.21. The molecule has 0 saturated heterocycles. The van der Waals surface area contributed by atoms with E-state index in [1.165, 1.54) is 31.2 Å². The first kappa shape index (κ1) is 13.4. The molecule has 3 aliphatic rings. The first-order valence-electron chi connectivity index (χ1n) is 8.46. The minimum absolute atomic E-state index is 0.338. The fourth-order valence-corrected chi connectivity index (χ4v) is 4.48. The monoisotopic (exact) mass is 287 g/mol. The van der Waals surface area contributed by atoms with Crippen LogP contribution in [-0.2, 0) is 0 Å². The molecule has 2 saturated carbocycles. The molecule has 2 bridgehead atoms. The van der Waals surface area contributed by atoms with E-state index >= 15 is 0 Å². The summed E-state index contributed by atoms with van der Waals surface area (Å²) in [6.07, 6.45) is 5.72. The summed E-state index contributed by atoms with van der Waals surface area (Å²) in [4.78, 5) is 0. The van der Waals surface area contributed by atoms with E-state index in [1.54, 1.807) is 0 Å². The van der Waals surface area contributed by atoms with Gasteiger partial charge in [0.1, 0.15) is 18.1 Å². The summed E-state index contributed by atoms with van der Waals surface area (Å²) >= 11 is 0. The number of ether oxygens (including phenoxy) is 2. The highest BCUT2D eigenvalue weighted by atomic mass is 16.5. The largest absolute Gasteiger partial charge is 0.493 e. The molecule has 4 rings (SSSR count). The molecule has 1 heterocycles. The molecule has 0 aromatic heterocycles. The lowest BCUT2D eigenvalue weighted by atomic mass is 9.89. The molecule has 2 aliphatic carbocycles. The second-order valence-electron chi connectivity index (χ2n) is 6.87. The number of hydrogen-bond acceptors (Lipinski definition) is 3. The normalized spacial score (nSPS) is 33.0. The Morgan fingerprint density at radius 1 is 1.29 bits per heavy atom. The summed E-state index contributed by atoms with van der Waals surface area (Å²) in [5.74, 6) is 4.67. The Morgan fingerprint density at radius 3 is 3.00 bits per heavy atom. The molecule has 4 atom stereocenters. The minimum Gasteiger partial charge on any atom is -0.493 e. The van der Waals surface area contributed by atoms with Gasteiger partial charge in [0, 0.05) is 11.6 Å². The Morgan fingerprint density at radius 2 is 2.24 bits per heavy atom. The van der Waals surface area contributed by atoms with Crippen LogP contribution in [0.15, 0.2) is 18.2 Å². The van der Waals surface area contributed by atoms with Gasteiger partial charge in [0.25, 0.3) is 0 Å². The van der Waals surface area contributed by atoms with Crippen LogP contribution in [0.3, 0.4) is 0 Å². The minimum atomic E-state index is 0.338. The molecular weight excluding hydrogens is 262 g/mol. The standard InChI is InChI=1S/C18H25NO2/c1-2-19-17-11-21-18-9-15(5-6-16(17)18)20-10-14-8-12-3-4-13(14)7-12/h5-6,9,12-14,17,19H,2-4,7-8,10-11H2,1H3. The van der Waals surface area contributed by atoms with Crippen molar-refractivity contribution in [3.8, 4) is 11.5 Å². The second-order valence-corrected chi connectivity index (χ2v) is 6.87. The highest BCUT2D eigenvalue weighted by Gasteiger charge is 2.39. The molecule has 1 aliphatic heterocycles. The lowest BCUT2D eigenvalue weighted by Crippen LogP contribution is -2.21. The van der Waals surface area contributed by atoms with Crippen molar-refractivity contribution in [3.05, 3.63) is 23.8 Å². The van der Waals surface area contributed by atoms with Gasteiger partial charge in [0.05, 0.1) is 12.6 Å². The molecule has 0 amide bonds. The van der Waals surface area contributed by atoms with Gasteiger partial charge in [-0.1, -0.05) is 13.3 Å². The smallest absolute Gasteiger partial charge is 0.127 e. The molecule has 21 heavy (non-hydrogen) atoms. The van der Waals surface area contributed by atoms with Crippen molar-refractivity contribution in [2.45, 2.75) is 38.6 Å². The van der Waals surface area contributed by atoms with E-state index in [2.05, 4.69) is 30.4 Å². The zero-order valence-corrected chi connectivity index (χ0v) is 12.8. The molecule has 1 aromatic carbocycles. The average molecular weight is 287 g/mol. The predicted octanol–water partition coefficient (Wildman–Crippen LogP) is 3.54. The quantitative estimate of drug-likeness (QED) is 0.898. The van der Waals surface area contributed by atoms with Crippen molar-refractivity contribution in [2.75, 3.05) is 19.8 Å². The number of nitrogens with one attached hydrogen (secondary N) is 1. The van der Waals surface area contributed by atoms with Crippen LogP contribution in [-0.4, -0.2) is 19.8 Å². The molecule has 114 valence electrons. The van der Waals surface area contributed by atoms with Gasteiger partial charge in [-0.25, -0.2) is 0 Å². The van der Waals surface area contributed by atoms with Crippen LogP contribution in [0.1, 0.15) is 44.2 Å². The van der Waals surface area contributed by atoms with Gasteiger partial charge in [-0.3, -0.25) is 0 Å². The maximum Gasteiger partial charge on any atom is 0.127 e. The van der Waals surface area contributed by atoms with Crippen LogP contribution in [0, 0.1) is 17.8 Å². The number of benzene rings is 1. The van der Waals surface area contributed by atoms with Crippen molar-refractivity contribution in [3.63, 3.8) is 0 Å². The molecule has 0 spiro atoms. The van der Waals surface area contributed by atoms with Gasteiger partial charge in [-0.05, 0) is 55.7 Å².